The van der Waals surface area contributed by atoms with Gasteiger partial charge in [-0.3, -0.25) is 0 Å². The van der Waals surface area contributed by atoms with Crippen molar-refractivity contribution in [3.8, 4) is 5.75 Å². The molecule has 0 radical (unpaired) electrons. The molecule has 1 aromatic rings. The van der Waals surface area contributed by atoms with Gasteiger partial charge >= 0.3 is 0 Å². The fourth-order valence-corrected chi connectivity index (χ4v) is 3.55. The molecule has 94 valence electrons. The number of hydrogen-bond acceptors (Lipinski definition) is 2. The first-order chi connectivity index (χ1) is 8.16. The van der Waals surface area contributed by atoms with Crippen molar-refractivity contribution in [1.82, 2.24) is 0 Å². The van der Waals surface area contributed by atoms with E-state index in [1.54, 1.807) is 0 Å². The van der Waals surface area contributed by atoms with E-state index in [0.29, 0.717) is 0 Å². The third-order valence-electron chi connectivity index (χ3n) is 3.24. The monoisotopic (exact) mass is 314 g/mol. The second-order valence-corrected chi connectivity index (χ2v) is 6.76. The summed E-state index contributed by atoms with van der Waals surface area (Å²) in [6.45, 7) is 5.10. The Morgan fingerprint density at radius 2 is 1.82 bits per heavy atom. The van der Waals surface area contributed by atoms with E-state index in [9.17, 15) is 0 Å². The summed E-state index contributed by atoms with van der Waals surface area (Å²) in [5.74, 6) is 4.36. The van der Waals surface area contributed by atoms with Crippen LogP contribution in [0.2, 0.25) is 0 Å². The molecular weight excluding hydrogens is 296 g/mol. The van der Waals surface area contributed by atoms with Gasteiger partial charge in [0.1, 0.15) is 5.75 Å². The molecule has 17 heavy (non-hydrogen) atoms. The van der Waals surface area contributed by atoms with Crippen molar-refractivity contribution in [2.45, 2.75) is 26.7 Å². The molecule has 0 unspecified atom stereocenters. The molecule has 0 spiro atoms. The first-order valence-corrected chi connectivity index (χ1v) is 8.09. The van der Waals surface area contributed by atoms with E-state index in [2.05, 4.69) is 53.7 Å². The van der Waals surface area contributed by atoms with Crippen LogP contribution in [0.3, 0.4) is 0 Å². The molecule has 1 saturated heterocycles. The molecule has 0 aromatic heterocycles. The maximum absolute atomic E-state index is 5.93. The second-order valence-electron chi connectivity index (χ2n) is 4.74. The third-order valence-corrected chi connectivity index (χ3v) is 5.54. The molecule has 2 rings (SSSR count). The summed E-state index contributed by atoms with van der Waals surface area (Å²) in [5, 5.41) is 0. The largest absolute Gasteiger partial charge is 0.493 e. The van der Waals surface area contributed by atoms with Crippen LogP contribution in [0.25, 0.3) is 0 Å². The van der Waals surface area contributed by atoms with Gasteiger partial charge in [0.2, 0.25) is 0 Å². The van der Waals surface area contributed by atoms with Crippen molar-refractivity contribution in [3.05, 3.63) is 27.7 Å². The van der Waals surface area contributed by atoms with Crippen LogP contribution in [0.4, 0.5) is 0 Å². The summed E-state index contributed by atoms with van der Waals surface area (Å²) >= 11 is 5.65. The van der Waals surface area contributed by atoms with Crippen LogP contribution in [0.1, 0.15) is 24.0 Å². The minimum Gasteiger partial charge on any atom is -0.493 e. The third kappa shape index (κ3) is 3.65. The molecular formula is C14H19BrOS. The molecule has 0 atom stereocenters. The van der Waals surface area contributed by atoms with Gasteiger partial charge in [0.05, 0.1) is 6.61 Å². The molecule has 1 aliphatic heterocycles. The second kappa shape index (κ2) is 6.14. The highest BCUT2D eigenvalue weighted by molar-refractivity contribution is 9.10. The highest BCUT2D eigenvalue weighted by Gasteiger charge is 2.14. The van der Waals surface area contributed by atoms with Crippen LogP contribution in [0.5, 0.6) is 5.75 Å². The molecule has 1 nitrogen and oxygen atoms in total. The average molecular weight is 315 g/mol. The van der Waals surface area contributed by atoms with E-state index in [4.69, 9.17) is 4.74 Å². The van der Waals surface area contributed by atoms with Gasteiger partial charge in [-0.25, -0.2) is 0 Å². The van der Waals surface area contributed by atoms with Crippen LogP contribution in [0.15, 0.2) is 16.6 Å². The number of benzene rings is 1. The maximum atomic E-state index is 5.93. The Morgan fingerprint density at radius 3 is 2.41 bits per heavy atom. The Balaban J connectivity index is 1.94. The zero-order valence-electron chi connectivity index (χ0n) is 10.5. The predicted octanol–water partition coefficient (Wildman–Crippen LogP) is 4.59. The van der Waals surface area contributed by atoms with Crippen molar-refractivity contribution >= 4 is 27.7 Å². The van der Waals surface area contributed by atoms with Crippen LogP contribution < -0.4 is 4.74 Å². The van der Waals surface area contributed by atoms with Crippen molar-refractivity contribution in [2.24, 2.45) is 5.92 Å². The molecule has 3 heteroatoms. The summed E-state index contributed by atoms with van der Waals surface area (Å²) in [7, 11) is 0. The molecule has 0 saturated carbocycles. The van der Waals surface area contributed by atoms with E-state index >= 15 is 0 Å². The van der Waals surface area contributed by atoms with E-state index in [-0.39, 0.29) is 0 Å². The molecule has 1 aromatic carbocycles. The first kappa shape index (κ1) is 13.3. The Kier molecular flexibility index (Phi) is 4.80. The minimum absolute atomic E-state index is 0.750. The predicted molar refractivity (Wildman–Crippen MR) is 79.2 cm³/mol. The van der Waals surface area contributed by atoms with Gasteiger partial charge in [-0.1, -0.05) is 15.9 Å². The number of rotatable bonds is 3. The molecule has 0 N–H and O–H groups in total. The molecule has 1 heterocycles. The number of halogens is 1. The van der Waals surface area contributed by atoms with Gasteiger partial charge in [-0.2, -0.15) is 11.8 Å². The Hall–Kier alpha value is -0.150. The summed E-state index contributed by atoms with van der Waals surface area (Å²) in [6.07, 6.45) is 2.61. The standard InChI is InChI=1S/C14H19BrOS/c1-10-7-13(8-11(2)14(10)15)16-9-12-3-5-17-6-4-12/h7-8,12H,3-6,9H2,1-2H3. The van der Waals surface area contributed by atoms with Crippen molar-refractivity contribution in [1.29, 1.82) is 0 Å². The van der Waals surface area contributed by atoms with Crippen molar-refractivity contribution in [2.75, 3.05) is 18.1 Å². The first-order valence-electron chi connectivity index (χ1n) is 6.14. The Labute approximate surface area is 116 Å². The smallest absolute Gasteiger partial charge is 0.119 e. The van der Waals surface area contributed by atoms with Gasteiger partial charge in [-0.05, 0) is 67.4 Å². The Bertz CT molecular complexity index is 363. The number of ether oxygens (including phenoxy) is 1. The number of aryl methyl sites for hydroxylation is 2. The zero-order chi connectivity index (χ0) is 12.3. The highest BCUT2D eigenvalue weighted by atomic mass is 79.9. The number of hydrogen-bond donors (Lipinski definition) is 0. The minimum atomic E-state index is 0.750. The summed E-state index contributed by atoms with van der Waals surface area (Å²) in [6, 6.07) is 4.24. The van der Waals surface area contributed by atoms with Gasteiger partial charge in [-0.15, -0.1) is 0 Å². The fraction of sp³-hybridized carbons (Fsp3) is 0.571. The Morgan fingerprint density at radius 1 is 1.24 bits per heavy atom. The van der Waals surface area contributed by atoms with Gasteiger partial charge < -0.3 is 4.74 Å². The highest BCUT2D eigenvalue weighted by Crippen LogP contribution is 2.28. The van der Waals surface area contributed by atoms with Crippen LogP contribution >= 0.6 is 27.7 Å². The van der Waals surface area contributed by atoms with Crippen molar-refractivity contribution < 1.29 is 4.74 Å². The summed E-state index contributed by atoms with van der Waals surface area (Å²) in [5.41, 5.74) is 2.50. The van der Waals surface area contributed by atoms with Crippen LogP contribution in [0, 0.1) is 19.8 Å². The van der Waals surface area contributed by atoms with Crippen LogP contribution in [-0.4, -0.2) is 18.1 Å². The lowest BCUT2D eigenvalue weighted by atomic mass is 10.0. The van der Waals surface area contributed by atoms with Crippen LogP contribution in [-0.2, 0) is 0 Å². The van der Waals surface area contributed by atoms with Crippen molar-refractivity contribution in [3.63, 3.8) is 0 Å². The lowest BCUT2D eigenvalue weighted by Gasteiger charge is -2.21. The lowest BCUT2D eigenvalue weighted by Crippen LogP contribution is -2.17. The van der Waals surface area contributed by atoms with E-state index < -0.39 is 0 Å². The zero-order valence-corrected chi connectivity index (χ0v) is 12.9. The van der Waals surface area contributed by atoms with Gasteiger partial charge in [0, 0.05) is 4.47 Å². The SMILES string of the molecule is Cc1cc(OCC2CCSCC2)cc(C)c1Br. The van der Waals surface area contributed by atoms with Gasteiger partial charge in [0.15, 0.2) is 0 Å². The topological polar surface area (TPSA) is 9.23 Å². The summed E-state index contributed by atoms with van der Waals surface area (Å²) < 4.78 is 7.13. The molecule has 1 fully saturated rings. The van der Waals surface area contributed by atoms with E-state index in [0.717, 1.165) is 18.3 Å². The maximum Gasteiger partial charge on any atom is 0.119 e. The number of thioether (sulfide) groups is 1. The fourth-order valence-electron chi connectivity index (χ4n) is 2.12. The van der Waals surface area contributed by atoms with E-state index in [1.165, 1.54) is 39.9 Å². The lowest BCUT2D eigenvalue weighted by molar-refractivity contribution is 0.240. The summed E-state index contributed by atoms with van der Waals surface area (Å²) in [4.78, 5) is 0. The van der Waals surface area contributed by atoms with E-state index in [1.807, 2.05) is 0 Å². The molecule has 0 amide bonds. The normalized spacial score (nSPS) is 17.1. The molecule has 0 bridgehead atoms. The quantitative estimate of drug-likeness (QED) is 0.807. The molecule has 0 aliphatic carbocycles. The average Bonchev–Trinajstić information content (AvgIpc) is 2.34. The van der Waals surface area contributed by atoms with Gasteiger partial charge in [0.25, 0.3) is 0 Å². The molecule has 1 aliphatic rings.